The second-order valence-electron chi connectivity index (χ2n) is 5.11. The van der Waals surface area contributed by atoms with Crippen LogP contribution in [0.25, 0.3) is 0 Å². The van der Waals surface area contributed by atoms with Gasteiger partial charge in [0, 0.05) is 26.2 Å². The van der Waals surface area contributed by atoms with Crippen LogP contribution in [0.3, 0.4) is 0 Å². The van der Waals surface area contributed by atoms with E-state index in [4.69, 9.17) is 17.3 Å². The Kier molecular flexibility index (Phi) is 5.49. The quantitative estimate of drug-likeness (QED) is 0.899. The molecule has 0 amide bonds. The van der Waals surface area contributed by atoms with Crippen molar-refractivity contribution in [3.63, 3.8) is 0 Å². The molecule has 1 aromatic carbocycles. The molecule has 2 rings (SSSR count). The van der Waals surface area contributed by atoms with Crippen LogP contribution in [0.4, 0.5) is 5.69 Å². The Hall–Kier alpha value is -0.770. The Morgan fingerprint density at radius 3 is 2.58 bits per heavy atom. The van der Waals surface area contributed by atoms with Gasteiger partial charge in [0.2, 0.25) is 0 Å². The molecule has 0 bridgehead atoms. The van der Waals surface area contributed by atoms with Crippen molar-refractivity contribution < 1.29 is 0 Å². The molecule has 1 aromatic rings. The minimum atomic E-state index is 0.670. The number of para-hydroxylation sites is 1. The predicted octanol–water partition coefficient (Wildman–Crippen LogP) is 2.37. The second kappa shape index (κ2) is 7.13. The van der Waals surface area contributed by atoms with Crippen LogP contribution < -0.4 is 10.6 Å². The summed E-state index contributed by atoms with van der Waals surface area (Å²) in [5.74, 6) is 0. The molecule has 0 aliphatic carbocycles. The van der Waals surface area contributed by atoms with Crippen LogP contribution >= 0.6 is 11.6 Å². The molecular weight excluding hydrogens is 258 g/mol. The van der Waals surface area contributed by atoms with Crippen molar-refractivity contribution in [2.45, 2.75) is 19.8 Å². The molecule has 106 valence electrons. The highest BCUT2D eigenvalue weighted by Gasteiger charge is 2.20. The third kappa shape index (κ3) is 3.62. The fraction of sp³-hybridized carbons (Fsp3) is 0.600. The summed E-state index contributed by atoms with van der Waals surface area (Å²) in [6, 6.07) is 6.14. The molecule has 0 spiro atoms. The molecule has 3 nitrogen and oxygen atoms in total. The number of benzene rings is 1. The Balaban J connectivity index is 2.10. The van der Waals surface area contributed by atoms with E-state index in [1.165, 1.54) is 24.2 Å². The van der Waals surface area contributed by atoms with Gasteiger partial charge in [-0.25, -0.2) is 0 Å². The maximum Gasteiger partial charge on any atom is 0.0642 e. The van der Waals surface area contributed by atoms with Crippen LogP contribution in [0.2, 0.25) is 5.02 Å². The third-order valence-electron chi connectivity index (χ3n) is 3.71. The van der Waals surface area contributed by atoms with Crippen molar-refractivity contribution in [1.82, 2.24) is 4.90 Å². The van der Waals surface area contributed by atoms with E-state index in [2.05, 4.69) is 22.8 Å². The largest absolute Gasteiger partial charge is 0.368 e. The van der Waals surface area contributed by atoms with Gasteiger partial charge in [0.1, 0.15) is 0 Å². The fourth-order valence-electron chi connectivity index (χ4n) is 2.78. The number of anilines is 1. The Bertz CT molecular complexity index is 400. The summed E-state index contributed by atoms with van der Waals surface area (Å²) in [5.41, 5.74) is 8.18. The Labute approximate surface area is 121 Å². The summed E-state index contributed by atoms with van der Waals surface area (Å²) >= 11 is 6.40. The number of halogens is 1. The first kappa shape index (κ1) is 14.6. The summed E-state index contributed by atoms with van der Waals surface area (Å²) in [5, 5.41) is 0.856. The van der Waals surface area contributed by atoms with Crippen molar-refractivity contribution in [1.29, 1.82) is 0 Å². The lowest BCUT2D eigenvalue weighted by atomic mass is 10.1. The summed E-state index contributed by atoms with van der Waals surface area (Å²) in [6.45, 7) is 8.47. The molecule has 0 saturated carbocycles. The van der Waals surface area contributed by atoms with Crippen molar-refractivity contribution in [2.24, 2.45) is 5.73 Å². The van der Waals surface area contributed by atoms with Crippen LogP contribution in [-0.4, -0.2) is 44.2 Å². The monoisotopic (exact) mass is 281 g/mol. The van der Waals surface area contributed by atoms with E-state index in [-0.39, 0.29) is 0 Å². The number of nitrogens with zero attached hydrogens (tertiary/aromatic N) is 2. The highest BCUT2D eigenvalue weighted by molar-refractivity contribution is 6.33. The van der Waals surface area contributed by atoms with Crippen LogP contribution in [-0.2, 0) is 6.42 Å². The lowest BCUT2D eigenvalue weighted by Gasteiger charge is -2.37. The van der Waals surface area contributed by atoms with E-state index in [0.29, 0.717) is 6.54 Å². The first-order chi connectivity index (χ1) is 9.26. The number of piperazine rings is 1. The van der Waals surface area contributed by atoms with Crippen molar-refractivity contribution in [2.75, 3.05) is 44.2 Å². The van der Waals surface area contributed by atoms with Crippen molar-refractivity contribution in [3.8, 4) is 0 Å². The van der Waals surface area contributed by atoms with Gasteiger partial charge in [0.15, 0.2) is 0 Å². The van der Waals surface area contributed by atoms with Gasteiger partial charge >= 0.3 is 0 Å². The molecule has 2 N–H and O–H groups in total. The van der Waals surface area contributed by atoms with Crippen molar-refractivity contribution >= 4 is 17.3 Å². The van der Waals surface area contributed by atoms with Crippen LogP contribution in [0.1, 0.15) is 18.9 Å². The molecule has 0 unspecified atom stereocenters. The van der Waals surface area contributed by atoms with Gasteiger partial charge in [-0.1, -0.05) is 30.7 Å². The van der Waals surface area contributed by atoms with E-state index in [1.54, 1.807) is 0 Å². The fourth-order valence-corrected chi connectivity index (χ4v) is 3.10. The van der Waals surface area contributed by atoms with Gasteiger partial charge in [0.25, 0.3) is 0 Å². The number of hydrogen-bond donors (Lipinski definition) is 1. The van der Waals surface area contributed by atoms with E-state index >= 15 is 0 Å². The molecule has 4 heteroatoms. The molecule has 1 heterocycles. The summed E-state index contributed by atoms with van der Waals surface area (Å²) < 4.78 is 0. The Morgan fingerprint density at radius 2 is 1.95 bits per heavy atom. The van der Waals surface area contributed by atoms with Crippen LogP contribution in [0.5, 0.6) is 0 Å². The standard InChI is InChI=1S/C15H24ClN3/c1-2-8-18-9-11-19(12-10-18)15-13(6-7-17)4-3-5-14(15)16/h3-5H,2,6-12,17H2,1H3. The number of nitrogens with two attached hydrogens (primary N) is 1. The zero-order valence-electron chi connectivity index (χ0n) is 11.7. The van der Waals surface area contributed by atoms with Crippen LogP contribution in [0.15, 0.2) is 18.2 Å². The normalized spacial score (nSPS) is 16.9. The molecule has 0 atom stereocenters. The summed E-state index contributed by atoms with van der Waals surface area (Å²) in [4.78, 5) is 4.94. The van der Waals surface area contributed by atoms with Crippen molar-refractivity contribution in [3.05, 3.63) is 28.8 Å². The molecule has 1 saturated heterocycles. The van der Waals surface area contributed by atoms with Gasteiger partial charge in [0.05, 0.1) is 10.7 Å². The minimum Gasteiger partial charge on any atom is -0.368 e. The molecule has 0 radical (unpaired) electrons. The van der Waals surface area contributed by atoms with E-state index in [0.717, 1.165) is 37.6 Å². The Morgan fingerprint density at radius 1 is 1.21 bits per heavy atom. The zero-order valence-corrected chi connectivity index (χ0v) is 12.5. The highest BCUT2D eigenvalue weighted by Crippen LogP contribution is 2.31. The van der Waals surface area contributed by atoms with E-state index < -0.39 is 0 Å². The predicted molar refractivity (Wildman–Crippen MR) is 83.2 cm³/mol. The molecule has 0 aromatic heterocycles. The first-order valence-electron chi connectivity index (χ1n) is 7.21. The van der Waals surface area contributed by atoms with E-state index in [1.807, 2.05) is 12.1 Å². The molecule has 1 aliphatic heterocycles. The van der Waals surface area contributed by atoms with Crippen LogP contribution in [0, 0.1) is 0 Å². The highest BCUT2D eigenvalue weighted by atomic mass is 35.5. The minimum absolute atomic E-state index is 0.670. The van der Waals surface area contributed by atoms with Gasteiger partial charge < -0.3 is 10.6 Å². The summed E-state index contributed by atoms with van der Waals surface area (Å²) in [7, 11) is 0. The smallest absolute Gasteiger partial charge is 0.0642 e. The zero-order chi connectivity index (χ0) is 13.7. The SMILES string of the molecule is CCCN1CCN(c2c(Cl)cccc2CCN)CC1. The maximum absolute atomic E-state index is 6.40. The average Bonchev–Trinajstić information content (AvgIpc) is 2.41. The topological polar surface area (TPSA) is 32.5 Å². The van der Waals surface area contributed by atoms with Gasteiger partial charge in [-0.3, -0.25) is 4.90 Å². The third-order valence-corrected chi connectivity index (χ3v) is 4.02. The molecule has 1 aliphatic rings. The lowest BCUT2D eigenvalue weighted by Crippen LogP contribution is -2.47. The maximum atomic E-state index is 6.40. The lowest BCUT2D eigenvalue weighted by molar-refractivity contribution is 0.258. The average molecular weight is 282 g/mol. The van der Waals surface area contributed by atoms with Gasteiger partial charge in [-0.05, 0) is 37.6 Å². The second-order valence-corrected chi connectivity index (χ2v) is 5.52. The molecule has 1 fully saturated rings. The van der Waals surface area contributed by atoms with Gasteiger partial charge in [-0.2, -0.15) is 0 Å². The summed E-state index contributed by atoms with van der Waals surface area (Å²) in [6.07, 6.45) is 2.12. The van der Waals surface area contributed by atoms with Gasteiger partial charge in [-0.15, -0.1) is 0 Å². The number of hydrogen-bond acceptors (Lipinski definition) is 3. The number of rotatable bonds is 5. The molecular formula is C15H24ClN3. The first-order valence-corrected chi connectivity index (χ1v) is 7.58. The molecule has 19 heavy (non-hydrogen) atoms. The van der Waals surface area contributed by atoms with E-state index in [9.17, 15) is 0 Å².